The van der Waals surface area contributed by atoms with Gasteiger partial charge in [-0.3, -0.25) is 24.2 Å². The Labute approximate surface area is 443 Å². The van der Waals surface area contributed by atoms with Crippen LogP contribution in [0.5, 0.6) is 0 Å². The van der Waals surface area contributed by atoms with Crippen LogP contribution in [0.2, 0.25) is 0 Å². The Hall–Kier alpha value is -5.41. The van der Waals surface area contributed by atoms with E-state index in [1.54, 1.807) is 6.07 Å². The zero-order valence-corrected chi connectivity index (χ0v) is 46.4. The molecule has 20 heteroatoms. The number of carbonyl (C=O) groups is 2. The van der Waals surface area contributed by atoms with Crippen LogP contribution in [0.3, 0.4) is 0 Å². The number of aryl methyl sites for hydroxylation is 2. The van der Waals surface area contributed by atoms with E-state index >= 15 is 0 Å². The fourth-order valence-corrected chi connectivity index (χ4v) is 11.7. The highest BCUT2D eigenvalue weighted by Gasteiger charge is 2.44. The van der Waals surface area contributed by atoms with Crippen molar-refractivity contribution >= 4 is 66.0 Å². The van der Waals surface area contributed by atoms with E-state index in [9.17, 15) is 35.5 Å². The molecule has 17 nitrogen and oxygen atoms in total. The van der Waals surface area contributed by atoms with Crippen molar-refractivity contribution in [1.29, 1.82) is 0 Å². The van der Waals surface area contributed by atoms with Gasteiger partial charge in [0.15, 0.2) is 16.6 Å². The molecule has 3 aromatic rings. The van der Waals surface area contributed by atoms with Crippen LogP contribution in [0, 0.1) is 6.92 Å². The van der Waals surface area contributed by atoms with Gasteiger partial charge < -0.3 is 27.0 Å². The number of guanidine groups is 1. The molecular weight excluding hydrogens is 999 g/mol. The van der Waals surface area contributed by atoms with Crippen molar-refractivity contribution in [1.82, 2.24) is 20.9 Å². The summed E-state index contributed by atoms with van der Waals surface area (Å²) in [6.07, 6.45) is 23.6. The van der Waals surface area contributed by atoms with Crippen LogP contribution in [0.15, 0.2) is 88.4 Å². The second-order valence-electron chi connectivity index (χ2n) is 20.2. The molecule has 9 N–H and O–H groups in total. The molecule has 5 rings (SSSR count). The van der Waals surface area contributed by atoms with Gasteiger partial charge in [0.25, 0.3) is 20.2 Å². The summed E-state index contributed by atoms with van der Waals surface area (Å²) in [7, 11) is -8.48. The highest BCUT2D eigenvalue weighted by molar-refractivity contribution is 7.86. The largest absolute Gasteiger partial charge is 0.375 e. The van der Waals surface area contributed by atoms with Crippen molar-refractivity contribution in [3.63, 3.8) is 0 Å². The molecule has 0 spiro atoms. The summed E-state index contributed by atoms with van der Waals surface area (Å²) in [5, 5.41) is 9.06. The first-order chi connectivity index (χ1) is 35.1. The van der Waals surface area contributed by atoms with E-state index in [-0.39, 0.29) is 34.0 Å². The predicted molar refractivity (Wildman–Crippen MR) is 298 cm³/mol. The monoisotopic (exact) mass is 1080 g/mol. The minimum absolute atomic E-state index is 0.0557. The van der Waals surface area contributed by atoms with Gasteiger partial charge in [-0.15, -0.1) is 11.3 Å². The van der Waals surface area contributed by atoms with Crippen LogP contribution in [-0.2, 0) is 42.4 Å². The number of para-hydroxylation sites is 1. The molecule has 3 amide bonds. The molecule has 0 saturated heterocycles. The van der Waals surface area contributed by atoms with E-state index in [1.807, 2.05) is 43.4 Å². The molecule has 0 saturated carbocycles. The Morgan fingerprint density at radius 3 is 2.18 bits per heavy atom. The van der Waals surface area contributed by atoms with Gasteiger partial charge in [-0.05, 0) is 94.2 Å². The number of fused-ring (bicyclic) bond motifs is 2. The van der Waals surface area contributed by atoms with E-state index in [0.29, 0.717) is 57.1 Å². The maximum Gasteiger partial charge on any atom is 0.321 e. The van der Waals surface area contributed by atoms with Gasteiger partial charge >= 0.3 is 6.03 Å². The third-order valence-electron chi connectivity index (χ3n) is 13.7. The Morgan fingerprint density at radius 1 is 0.824 bits per heavy atom. The second-order valence-corrected chi connectivity index (χ2v) is 24.3. The Kier molecular flexibility index (Phi) is 22.4. The van der Waals surface area contributed by atoms with Gasteiger partial charge in [0.05, 0.1) is 21.9 Å². The van der Waals surface area contributed by atoms with Crippen molar-refractivity contribution in [2.24, 2.45) is 10.7 Å². The molecule has 406 valence electrons. The summed E-state index contributed by atoms with van der Waals surface area (Å²) >= 11 is 1.48. The lowest BCUT2D eigenvalue weighted by molar-refractivity contribution is -0.604. The average Bonchev–Trinajstić information content (AvgIpc) is 3.85. The minimum Gasteiger partial charge on any atom is -0.375 e. The second kappa shape index (κ2) is 27.9. The number of urea groups is 1. The molecule has 0 aliphatic carbocycles. The number of aromatic nitrogens is 1. The van der Waals surface area contributed by atoms with Crippen LogP contribution >= 0.6 is 11.3 Å². The number of amides is 3. The molecule has 2 aromatic carbocycles. The number of rotatable bonds is 30. The number of hydrogen-bond donors (Lipinski definition) is 7. The van der Waals surface area contributed by atoms with Gasteiger partial charge in [0.2, 0.25) is 11.6 Å². The SMILES string of the molecule is Cc1nc(N)sc1CCCN=C(N)NC(=O)NCCCCCCCCCCNC(=O)CCCCC[N+]1=C(C=CC=CC=C2N(CCCCS(=O)(=O)O)c3ccccc3C2(C)C)c2cc(S(=O)(=O)O)ccc2C1(C)C. The highest BCUT2D eigenvalue weighted by Crippen LogP contribution is 2.47. The van der Waals surface area contributed by atoms with Crippen LogP contribution in [0.25, 0.3) is 0 Å². The standard InChI is InChI=1S/C54H79N9O8S3/c1-40-47(72-51(56)60-40)28-24-35-58-50(55)61-52(65)59-34-20-11-9-7-6-8-10-19-33-57-49(64)30-16-13-21-37-63-45(42-39-41(74(69,70)71)31-32-43(42)54(63,4)5)26-14-12-15-29-48-53(2,3)44-25-17-18-27-46(44)62(48)36-22-23-38-73(66,67)68/h12,14-15,17-18,25-27,29,31-32,39H,6-11,13,16,19-24,28,30,33-38H2,1-5H3,(H8-,55,56,57,58,59,60,61,64,65,66,67,68,69,70,71)/p+1. The van der Waals surface area contributed by atoms with Crippen molar-refractivity contribution in [2.75, 3.05) is 49.1 Å². The van der Waals surface area contributed by atoms with Gasteiger partial charge in [-0.2, -0.15) is 16.8 Å². The first-order valence-electron chi connectivity index (χ1n) is 26.1. The summed E-state index contributed by atoms with van der Waals surface area (Å²) in [6.45, 7) is 13.5. The van der Waals surface area contributed by atoms with Crippen molar-refractivity contribution in [3.8, 4) is 0 Å². The summed E-state index contributed by atoms with van der Waals surface area (Å²) in [4.78, 5) is 36.5. The van der Waals surface area contributed by atoms with E-state index < -0.39 is 25.8 Å². The van der Waals surface area contributed by atoms with Crippen molar-refractivity contribution < 1.29 is 40.1 Å². The average molecular weight is 1080 g/mol. The van der Waals surface area contributed by atoms with Crippen molar-refractivity contribution in [2.45, 2.75) is 153 Å². The van der Waals surface area contributed by atoms with Gasteiger partial charge in [-0.1, -0.05) is 88.8 Å². The molecule has 0 unspecified atom stereocenters. The molecule has 0 radical (unpaired) electrons. The number of carbonyl (C=O) groups excluding carboxylic acids is 2. The number of unbranched alkanes of at least 4 members (excludes halogenated alkanes) is 10. The quantitative estimate of drug-likeness (QED) is 0.00825. The number of benzene rings is 2. The van der Waals surface area contributed by atoms with Crippen LogP contribution in [0.4, 0.5) is 15.6 Å². The molecule has 0 atom stereocenters. The number of aliphatic imine (C=N–C) groups is 1. The number of nitrogens with two attached hydrogens (primary N) is 2. The van der Waals surface area contributed by atoms with Gasteiger partial charge in [-0.25, -0.2) is 14.4 Å². The Balaban J connectivity index is 1.01. The predicted octanol–water partition coefficient (Wildman–Crippen LogP) is 8.84. The smallest absolute Gasteiger partial charge is 0.321 e. The zero-order chi connectivity index (χ0) is 53.9. The van der Waals surface area contributed by atoms with Gasteiger partial charge in [0, 0.05) is 86.2 Å². The number of hydrogen-bond acceptors (Lipinski definition) is 11. The maximum atomic E-state index is 12.7. The van der Waals surface area contributed by atoms with Crippen LogP contribution in [0.1, 0.15) is 151 Å². The van der Waals surface area contributed by atoms with E-state index in [0.717, 1.165) is 122 Å². The van der Waals surface area contributed by atoms with E-state index in [1.165, 1.54) is 29.0 Å². The first-order valence-corrected chi connectivity index (χ1v) is 29.9. The minimum atomic E-state index is -4.44. The molecule has 0 fully saturated rings. The van der Waals surface area contributed by atoms with E-state index in [2.05, 4.69) is 81.3 Å². The topological polar surface area (TPSA) is 263 Å². The lowest BCUT2D eigenvalue weighted by Crippen LogP contribution is -2.43. The molecule has 2 aliphatic heterocycles. The van der Waals surface area contributed by atoms with Crippen LogP contribution in [-0.4, -0.2) is 97.6 Å². The summed E-state index contributed by atoms with van der Waals surface area (Å²) in [5.74, 6) is -0.124. The van der Waals surface area contributed by atoms with Gasteiger partial charge in [0.1, 0.15) is 6.54 Å². The molecule has 2 aliphatic rings. The van der Waals surface area contributed by atoms with E-state index in [4.69, 9.17) is 11.5 Å². The fourth-order valence-electron chi connectivity index (χ4n) is 9.78. The third-order valence-corrected chi connectivity index (χ3v) is 16.4. The molecule has 0 bridgehead atoms. The molecule has 1 aromatic heterocycles. The lowest BCUT2D eigenvalue weighted by atomic mass is 9.84. The first kappa shape index (κ1) is 59.5. The van der Waals surface area contributed by atoms with Crippen molar-refractivity contribution in [3.05, 3.63) is 106 Å². The Bertz CT molecular complexity index is 2780. The number of nitrogens with zero attached hydrogens (tertiary/aromatic N) is 4. The normalized spacial score (nSPS) is 15.9. The third kappa shape index (κ3) is 17.9. The highest BCUT2D eigenvalue weighted by atomic mass is 32.2. The number of nitrogen functional groups attached to an aromatic ring is 1. The van der Waals surface area contributed by atoms with Crippen LogP contribution < -0.4 is 32.3 Å². The lowest BCUT2D eigenvalue weighted by Gasteiger charge is -2.27. The Morgan fingerprint density at radius 2 is 1.50 bits per heavy atom. The molecule has 74 heavy (non-hydrogen) atoms. The zero-order valence-electron chi connectivity index (χ0n) is 44.0. The number of nitrogens with one attached hydrogen (secondary N) is 3. The number of allylic oxidation sites excluding steroid dienone is 6. The molecular formula is C54H80N9O8S3+. The molecule has 3 heterocycles. The summed E-state index contributed by atoms with van der Waals surface area (Å²) in [6, 6.07) is 12.6. The maximum absolute atomic E-state index is 12.7. The number of thiazole rings is 1. The summed E-state index contributed by atoms with van der Waals surface area (Å²) in [5.41, 5.74) is 17.6. The number of anilines is 2. The summed E-state index contributed by atoms with van der Waals surface area (Å²) < 4.78 is 68.7. The fraction of sp³-hybridized carbons (Fsp3) is 0.537.